The molecule has 0 saturated heterocycles. The zero-order chi connectivity index (χ0) is 3.58. The van der Waals surface area contributed by atoms with Crippen molar-refractivity contribution >= 4 is 30.3 Å². The molecule has 0 N–H and O–H groups in total. The summed E-state index contributed by atoms with van der Waals surface area (Å²) in [5, 5.41) is 0. The molecule has 7 heavy (non-hydrogen) atoms. The molecule has 0 saturated carbocycles. The molecular weight excluding hydrogens is 292 g/mol. The van der Waals surface area contributed by atoms with E-state index in [1.165, 1.54) is 0 Å². The van der Waals surface area contributed by atoms with E-state index in [4.69, 9.17) is 30.3 Å². The summed E-state index contributed by atoms with van der Waals surface area (Å²) >= 11 is -1.33. The first kappa shape index (κ1) is 22.7. The number of hydrogen-bond acceptors (Lipinski definition) is 0. The van der Waals surface area contributed by atoms with Crippen LogP contribution in [0.25, 0.3) is 0 Å². The fourth-order valence-corrected chi connectivity index (χ4v) is 0. The SMILES string of the molecule is [Cl-].[Cl-].[Cl][Fe]([Cl])[Cl].[Co+2]. The standard InChI is InChI=1S/5ClH.Co.Fe/h5*1H;;/q;;;;;+2;+3/p-5. The summed E-state index contributed by atoms with van der Waals surface area (Å²) in [7, 11) is 14.7. The van der Waals surface area contributed by atoms with Gasteiger partial charge in [-0.05, 0) is 0 Å². The van der Waals surface area contributed by atoms with Crippen LogP contribution < -0.4 is 24.8 Å². The van der Waals surface area contributed by atoms with E-state index in [0.717, 1.165) is 0 Å². The Kier molecular flexibility index (Phi) is 51.2. The van der Waals surface area contributed by atoms with Crippen LogP contribution in [0.5, 0.6) is 0 Å². The van der Waals surface area contributed by atoms with Crippen molar-refractivity contribution in [2.45, 2.75) is 0 Å². The summed E-state index contributed by atoms with van der Waals surface area (Å²) in [6.07, 6.45) is 0. The first-order valence-corrected chi connectivity index (χ1v) is 4.96. The Morgan fingerprint density at radius 2 is 0.857 bits per heavy atom. The minimum Gasteiger partial charge on any atom is 2.00 e. The Labute approximate surface area is 82.2 Å². The van der Waals surface area contributed by atoms with Gasteiger partial charge in [-0.25, -0.2) is 0 Å². The van der Waals surface area contributed by atoms with Crippen molar-refractivity contribution in [3.05, 3.63) is 0 Å². The summed E-state index contributed by atoms with van der Waals surface area (Å²) in [6.45, 7) is 0. The van der Waals surface area contributed by atoms with Gasteiger partial charge in [0.1, 0.15) is 0 Å². The second kappa shape index (κ2) is 15.8. The zero-order valence-corrected chi connectivity index (χ0v) is 8.50. The molecule has 0 bridgehead atoms. The Morgan fingerprint density at radius 1 is 0.857 bits per heavy atom. The monoisotopic (exact) mass is 290 g/mol. The van der Waals surface area contributed by atoms with Gasteiger partial charge in [0.25, 0.3) is 0 Å². The molecule has 0 rings (SSSR count). The van der Waals surface area contributed by atoms with Crippen molar-refractivity contribution in [2.75, 3.05) is 0 Å². The van der Waals surface area contributed by atoms with Gasteiger partial charge in [-0.1, -0.05) is 0 Å². The van der Waals surface area contributed by atoms with Gasteiger partial charge < -0.3 is 24.8 Å². The van der Waals surface area contributed by atoms with Gasteiger partial charge in [0.15, 0.2) is 0 Å². The first-order valence-electron chi connectivity index (χ1n) is 0.401. The largest absolute Gasteiger partial charge is 2.00 e. The summed E-state index contributed by atoms with van der Waals surface area (Å²) in [4.78, 5) is 0. The van der Waals surface area contributed by atoms with E-state index in [1.807, 2.05) is 0 Å². The molecule has 0 nitrogen and oxygen atoms in total. The molecule has 0 heterocycles. The van der Waals surface area contributed by atoms with Crippen LogP contribution in [0.1, 0.15) is 0 Å². The Bertz CT molecular complexity index is 12.8. The molecule has 7 heteroatoms. The van der Waals surface area contributed by atoms with Crippen LogP contribution >= 0.6 is 30.3 Å². The molecule has 0 aliphatic rings. The molecule has 0 aliphatic heterocycles. The quantitative estimate of drug-likeness (QED) is 0.400. The van der Waals surface area contributed by atoms with Gasteiger partial charge in [0, 0.05) is 0 Å². The van der Waals surface area contributed by atoms with Gasteiger partial charge >= 0.3 is 58.2 Å². The van der Waals surface area contributed by atoms with Crippen molar-refractivity contribution in [2.24, 2.45) is 0 Å². The number of hydrogen-bond donors (Lipinski definition) is 0. The third-order valence-corrected chi connectivity index (χ3v) is 0. The van der Waals surface area contributed by atoms with Crippen molar-refractivity contribution in [3.63, 3.8) is 0 Å². The van der Waals surface area contributed by atoms with Gasteiger partial charge in [0.2, 0.25) is 0 Å². The molecule has 0 spiro atoms. The Balaban J connectivity index is -0.0000000150. The molecule has 0 unspecified atom stereocenters. The second-order valence-electron chi connectivity index (χ2n) is 0.152. The molecule has 52 valence electrons. The van der Waals surface area contributed by atoms with Crippen molar-refractivity contribution in [1.82, 2.24) is 0 Å². The minimum absolute atomic E-state index is 0. The third kappa shape index (κ3) is 58.0. The van der Waals surface area contributed by atoms with E-state index in [9.17, 15) is 0 Å². The van der Waals surface area contributed by atoms with E-state index in [0.29, 0.717) is 0 Å². The van der Waals surface area contributed by atoms with Crippen LogP contribution in [0.3, 0.4) is 0 Å². The van der Waals surface area contributed by atoms with Crippen molar-refractivity contribution in [1.29, 1.82) is 0 Å². The van der Waals surface area contributed by atoms with E-state index < -0.39 is 11.2 Å². The van der Waals surface area contributed by atoms with Gasteiger partial charge in [0.05, 0.1) is 0 Å². The summed E-state index contributed by atoms with van der Waals surface area (Å²) in [6, 6.07) is 0. The molecule has 0 aromatic carbocycles. The van der Waals surface area contributed by atoms with E-state index in [1.54, 1.807) is 0 Å². The molecule has 0 amide bonds. The second-order valence-corrected chi connectivity index (χ2v) is 5.62. The maximum Gasteiger partial charge on any atom is 2.00 e. The molecular formula is Cl5CoFe. The predicted octanol–water partition coefficient (Wildman–Crippen LogP) is -3.93. The normalized spacial score (nSPS) is 6.43. The molecule has 0 aromatic rings. The molecule has 0 aromatic heterocycles. The van der Waals surface area contributed by atoms with Crippen LogP contribution in [0.15, 0.2) is 0 Å². The first-order chi connectivity index (χ1) is 1.73. The zero-order valence-electron chi connectivity index (χ0n) is 2.58. The fraction of sp³-hybridized carbons (Fsp3) is 0. The van der Waals surface area contributed by atoms with E-state index in [-0.39, 0.29) is 41.6 Å². The van der Waals surface area contributed by atoms with Crippen molar-refractivity contribution in [3.8, 4) is 0 Å². The van der Waals surface area contributed by atoms with Crippen LogP contribution in [-0.4, -0.2) is 0 Å². The van der Waals surface area contributed by atoms with Crippen LogP contribution in [-0.2, 0) is 27.9 Å². The van der Waals surface area contributed by atoms with Gasteiger partial charge in [-0.3, -0.25) is 0 Å². The Morgan fingerprint density at radius 3 is 0.857 bits per heavy atom. The smallest absolute Gasteiger partial charge is 2.00 e. The fourth-order valence-electron chi connectivity index (χ4n) is 0. The third-order valence-electron chi connectivity index (χ3n) is 0. The summed E-state index contributed by atoms with van der Waals surface area (Å²) in [5.74, 6) is 0. The maximum absolute atomic E-state index is 4.89. The van der Waals surface area contributed by atoms with E-state index >= 15 is 0 Å². The molecule has 0 fully saturated rings. The van der Waals surface area contributed by atoms with E-state index in [2.05, 4.69) is 0 Å². The number of halogens is 5. The average molecular weight is 292 g/mol. The van der Waals surface area contributed by atoms with Crippen LogP contribution in [0, 0.1) is 0 Å². The molecule has 0 atom stereocenters. The van der Waals surface area contributed by atoms with Gasteiger partial charge in [-0.2, -0.15) is 0 Å². The Hall–Kier alpha value is 2.48. The average Bonchev–Trinajstić information content (AvgIpc) is 0.811. The molecule has 1 radical (unpaired) electrons. The summed E-state index contributed by atoms with van der Waals surface area (Å²) < 4.78 is 0. The predicted molar refractivity (Wildman–Crippen MR) is 17.6 cm³/mol. The van der Waals surface area contributed by atoms with Crippen LogP contribution in [0.2, 0.25) is 0 Å². The summed E-state index contributed by atoms with van der Waals surface area (Å²) in [5.41, 5.74) is 0. The number of rotatable bonds is 0. The van der Waals surface area contributed by atoms with Gasteiger partial charge in [-0.15, -0.1) is 0 Å². The minimum atomic E-state index is -1.33. The topological polar surface area (TPSA) is 0 Å². The maximum atomic E-state index is 4.89. The molecule has 0 aliphatic carbocycles. The van der Waals surface area contributed by atoms with Crippen molar-refractivity contribution < 1.29 is 52.8 Å². The van der Waals surface area contributed by atoms with Crippen LogP contribution in [0.4, 0.5) is 0 Å².